The van der Waals surface area contributed by atoms with Gasteiger partial charge in [0.25, 0.3) is 0 Å². The summed E-state index contributed by atoms with van der Waals surface area (Å²) in [6.07, 6.45) is 1.66. The maximum absolute atomic E-state index is 5.91. The summed E-state index contributed by atoms with van der Waals surface area (Å²) in [5.41, 5.74) is 7.92. The number of nitrogen functional groups attached to an aromatic ring is 1. The molecule has 4 nitrogen and oxygen atoms in total. The fraction of sp³-hybridized carbons (Fsp3) is 0.0833. The molecule has 17 heavy (non-hydrogen) atoms. The van der Waals surface area contributed by atoms with Gasteiger partial charge in [-0.05, 0) is 30.3 Å². The van der Waals surface area contributed by atoms with Crippen molar-refractivity contribution in [3.8, 4) is 5.88 Å². The summed E-state index contributed by atoms with van der Waals surface area (Å²) in [6, 6.07) is 8.90. The van der Waals surface area contributed by atoms with Gasteiger partial charge in [-0.2, -0.15) is 0 Å². The average Bonchev–Trinajstić information content (AvgIpc) is 2.34. The molecule has 1 aromatic carbocycles. The molecule has 0 saturated carbocycles. The number of pyridine rings is 1. The molecule has 2 rings (SSSR count). The van der Waals surface area contributed by atoms with Crippen molar-refractivity contribution in [2.45, 2.75) is 0 Å². The highest BCUT2D eigenvalue weighted by atomic mass is 35.5. The first kappa shape index (κ1) is 11.5. The Morgan fingerprint density at radius 3 is 2.88 bits per heavy atom. The highest BCUT2D eigenvalue weighted by Gasteiger charge is 2.06. The van der Waals surface area contributed by atoms with E-state index in [4.69, 9.17) is 22.1 Å². The van der Waals surface area contributed by atoms with E-state index in [1.54, 1.807) is 31.5 Å². The van der Waals surface area contributed by atoms with E-state index in [0.29, 0.717) is 16.6 Å². The molecule has 3 N–H and O–H groups in total. The first-order chi connectivity index (χ1) is 8.20. The molecule has 0 aliphatic carbocycles. The van der Waals surface area contributed by atoms with Crippen molar-refractivity contribution in [3.05, 3.63) is 41.6 Å². The molecule has 0 aliphatic rings. The summed E-state index contributed by atoms with van der Waals surface area (Å²) in [5.74, 6) is 0.506. The predicted octanol–water partition coefficient (Wildman–Crippen LogP) is 3.07. The zero-order valence-corrected chi connectivity index (χ0v) is 10.0. The van der Waals surface area contributed by atoms with E-state index < -0.39 is 0 Å². The number of halogens is 1. The van der Waals surface area contributed by atoms with Gasteiger partial charge in [0.05, 0.1) is 18.5 Å². The Hall–Kier alpha value is -1.94. The zero-order chi connectivity index (χ0) is 12.3. The molecule has 2 aromatic rings. The van der Waals surface area contributed by atoms with Gasteiger partial charge in [-0.3, -0.25) is 0 Å². The van der Waals surface area contributed by atoms with Crippen LogP contribution in [0.15, 0.2) is 36.5 Å². The van der Waals surface area contributed by atoms with Gasteiger partial charge in [-0.15, -0.1) is 0 Å². The fourth-order valence-electron chi connectivity index (χ4n) is 1.43. The van der Waals surface area contributed by atoms with Gasteiger partial charge in [0.15, 0.2) is 0 Å². The maximum Gasteiger partial charge on any atom is 0.237 e. The lowest BCUT2D eigenvalue weighted by atomic mass is 10.2. The van der Waals surface area contributed by atoms with Crippen molar-refractivity contribution >= 4 is 28.7 Å². The lowest BCUT2D eigenvalue weighted by Gasteiger charge is -2.11. The number of nitrogens with zero attached hydrogens (tertiary/aromatic N) is 1. The molecule has 0 fully saturated rings. The summed E-state index contributed by atoms with van der Waals surface area (Å²) in [5, 5.41) is 3.75. The molecule has 0 amide bonds. The Kier molecular flexibility index (Phi) is 3.35. The van der Waals surface area contributed by atoms with Crippen LogP contribution in [0.25, 0.3) is 0 Å². The highest BCUT2D eigenvalue weighted by molar-refractivity contribution is 6.31. The first-order valence-corrected chi connectivity index (χ1v) is 5.39. The number of nitrogens with two attached hydrogens (primary N) is 1. The van der Waals surface area contributed by atoms with E-state index in [0.717, 1.165) is 11.4 Å². The molecule has 0 saturated heterocycles. The van der Waals surface area contributed by atoms with E-state index in [1.807, 2.05) is 12.1 Å². The highest BCUT2D eigenvalue weighted by Crippen LogP contribution is 2.29. The summed E-state index contributed by atoms with van der Waals surface area (Å²) in [6.45, 7) is 0. The van der Waals surface area contributed by atoms with Crippen LogP contribution in [0.3, 0.4) is 0 Å². The molecule has 0 unspecified atom stereocenters. The minimum Gasteiger partial charge on any atom is -0.480 e. The van der Waals surface area contributed by atoms with Crippen LogP contribution in [0.1, 0.15) is 0 Å². The molecule has 0 atom stereocenters. The van der Waals surface area contributed by atoms with Crippen molar-refractivity contribution in [1.82, 2.24) is 4.98 Å². The van der Waals surface area contributed by atoms with Gasteiger partial charge in [0.2, 0.25) is 5.88 Å². The first-order valence-electron chi connectivity index (χ1n) is 5.02. The second kappa shape index (κ2) is 4.93. The van der Waals surface area contributed by atoms with Gasteiger partial charge < -0.3 is 15.8 Å². The lowest BCUT2D eigenvalue weighted by molar-refractivity contribution is 0.400. The van der Waals surface area contributed by atoms with Crippen molar-refractivity contribution in [2.75, 3.05) is 18.2 Å². The lowest BCUT2D eigenvalue weighted by Crippen LogP contribution is -1.99. The van der Waals surface area contributed by atoms with Crippen LogP contribution >= 0.6 is 11.6 Å². The molecule has 5 heteroatoms. The molecular weight excluding hydrogens is 238 g/mol. The van der Waals surface area contributed by atoms with E-state index in [1.165, 1.54) is 0 Å². The number of anilines is 3. The number of nitrogens with one attached hydrogen (secondary N) is 1. The van der Waals surface area contributed by atoms with Crippen LogP contribution in [0.2, 0.25) is 5.02 Å². The van der Waals surface area contributed by atoms with Crippen LogP contribution < -0.4 is 15.8 Å². The van der Waals surface area contributed by atoms with E-state index in [9.17, 15) is 0 Å². The Morgan fingerprint density at radius 2 is 2.12 bits per heavy atom. The Balaban J connectivity index is 2.34. The van der Waals surface area contributed by atoms with Crippen molar-refractivity contribution < 1.29 is 4.74 Å². The summed E-state index contributed by atoms with van der Waals surface area (Å²) in [7, 11) is 1.56. The van der Waals surface area contributed by atoms with Crippen LogP contribution in [-0.2, 0) is 0 Å². The summed E-state index contributed by atoms with van der Waals surface area (Å²) < 4.78 is 5.14. The number of hydrogen-bond donors (Lipinski definition) is 2. The molecule has 0 spiro atoms. The van der Waals surface area contributed by atoms with Gasteiger partial charge in [-0.25, -0.2) is 4.98 Å². The Morgan fingerprint density at radius 1 is 1.29 bits per heavy atom. The second-order valence-corrected chi connectivity index (χ2v) is 3.85. The Bertz CT molecular complexity index is 531. The number of methoxy groups -OCH3 is 1. The zero-order valence-electron chi connectivity index (χ0n) is 9.27. The second-order valence-electron chi connectivity index (χ2n) is 3.42. The topological polar surface area (TPSA) is 60.2 Å². The molecule has 0 radical (unpaired) electrons. The SMILES string of the molecule is COc1ncccc1Nc1cc(Cl)ccc1N. The largest absolute Gasteiger partial charge is 0.480 e. The fourth-order valence-corrected chi connectivity index (χ4v) is 1.60. The van der Waals surface area contributed by atoms with Crippen LogP contribution in [0.4, 0.5) is 17.1 Å². The van der Waals surface area contributed by atoms with Gasteiger partial charge in [0.1, 0.15) is 5.69 Å². The number of hydrogen-bond acceptors (Lipinski definition) is 4. The molecule has 0 aliphatic heterocycles. The standard InChI is InChI=1S/C12H12ClN3O/c1-17-12-10(3-2-6-15-12)16-11-7-8(13)4-5-9(11)14/h2-7,16H,14H2,1H3. The molecule has 0 bridgehead atoms. The van der Waals surface area contributed by atoms with Gasteiger partial charge in [0, 0.05) is 11.2 Å². The smallest absolute Gasteiger partial charge is 0.237 e. The molecule has 1 heterocycles. The van der Waals surface area contributed by atoms with Crippen molar-refractivity contribution in [3.63, 3.8) is 0 Å². The number of benzene rings is 1. The minimum absolute atomic E-state index is 0.506. The van der Waals surface area contributed by atoms with Crippen molar-refractivity contribution in [2.24, 2.45) is 0 Å². The average molecular weight is 250 g/mol. The van der Waals surface area contributed by atoms with Crippen molar-refractivity contribution in [1.29, 1.82) is 0 Å². The monoisotopic (exact) mass is 249 g/mol. The van der Waals surface area contributed by atoms with Crippen LogP contribution in [-0.4, -0.2) is 12.1 Å². The third-order valence-corrected chi connectivity index (χ3v) is 2.48. The normalized spacial score (nSPS) is 10.0. The van der Waals surface area contributed by atoms with E-state index >= 15 is 0 Å². The van der Waals surface area contributed by atoms with Crippen LogP contribution in [0.5, 0.6) is 5.88 Å². The maximum atomic E-state index is 5.91. The summed E-state index contributed by atoms with van der Waals surface area (Å²) in [4.78, 5) is 4.09. The Labute approximate surface area is 104 Å². The third-order valence-electron chi connectivity index (χ3n) is 2.25. The minimum atomic E-state index is 0.506. The summed E-state index contributed by atoms with van der Waals surface area (Å²) >= 11 is 5.91. The number of aromatic nitrogens is 1. The predicted molar refractivity (Wildman–Crippen MR) is 69.9 cm³/mol. The number of rotatable bonds is 3. The molecular formula is C12H12ClN3O. The third kappa shape index (κ3) is 2.60. The van der Waals surface area contributed by atoms with Gasteiger partial charge in [-0.1, -0.05) is 11.6 Å². The van der Waals surface area contributed by atoms with Gasteiger partial charge >= 0.3 is 0 Å². The number of ether oxygens (including phenoxy) is 1. The molecule has 88 valence electrons. The van der Waals surface area contributed by atoms with E-state index in [2.05, 4.69) is 10.3 Å². The quantitative estimate of drug-likeness (QED) is 0.821. The molecule has 1 aromatic heterocycles. The van der Waals surface area contributed by atoms with E-state index in [-0.39, 0.29) is 0 Å². The van der Waals surface area contributed by atoms with Crippen LogP contribution in [0, 0.1) is 0 Å².